The molecule has 1 atom stereocenters. The number of rotatable bonds is 5. The van der Waals surface area contributed by atoms with Crippen LogP contribution in [0, 0.1) is 5.92 Å². The van der Waals surface area contributed by atoms with Crippen molar-refractivity contribution in [3.63, 3.8) is 0 Å². The molecular weight excluding hydrogens is 380 g/mol. The van der Waals surface area contributed by atoms with Gasteiger partial charge in [0.2, 0.25) is 5.91 Å². The highest BCUT2D eigenvalue weighted by Gasteiger charge is 2.26. The lowest BCUT2D eigenvalue weighted by molar-refractivity contribution is -0.117. The Balaban J connectivity index is 1.46. The number of anilines is 1. The zero-order valence-corrected chi connectivity index (χ0v) is 15.7. The largest absolute Gasteiger partial charge is 0.388 e. The molecule has 1 aliphatic rings. The number of halogens is 1. The van der Waals surface area contributed by atoms with Gasteiger partial charge in [-0.25, -0.2) is 0 Å². The summed E-state index contributed by atoms with van der Waals surface area (Å²) in [6.45, 7) is 2.06. The first kappa shape index (κ1) is 18.1. The van der Waals surface area contributed by atoms with Crippen LogP contribution in [0.4, 0.5) is 5.69 Å². The quantitative estimate of drug-likeness (QED) is 0.798. The molecule has 1 fully saturated rings. The maximum absolute atomic E-state index is 12.2. The molecule has 0 aromatic heterocycles. The summed E-state index contributed by atoms with van der Waals surface area (Å²) in [6.07, 6.45) is 1.39. The van der Waals surface area contributed by atoms with Gasteiger partial charge < -0.3 is 10.4 Å². The molecule has 2 aromatic rings. The van der Waals surface area contributed by atoms with Crippen LogP contribution < -0.4 is 5.32 Å². The minimum Gasteiger partial charge on any atom is -0.388 e. The molecule has 1 saturated heterocycles. The van der Waals surface area contributed by atoms with Gasteiger partial charge in [-0.15, -0.1) is 0 Å². The number of amides is 1. The van der Waals surface area contributed by atoms with Gasteiger partial charge in [0, 0.05) is 10.2 Å². The zero-order chi connectivity index (χ0) is 17.6. The number of likely N-dealkylation sites (tertiary alicyclic amines) is 1. The number of piperidine rings is 1. The Morgan fingerprint density at radius 2 is 1.76 bits per heavy atom. The number of aliphatic hydroxyl groups is 1. The summed E-state index contributed by atoms with van der Waals surface area (Å²) >= 11 is 3.38. The van der Waals surface area contributed by atoms with E-state index in [9.17, 15) is 9.90 Å². The fourth-order valence-corrected chi connectivity index (χ4v) is 3.55. The summed E-state index contributed by atoms with van der Waals surface area (Å²) in [6, 6.07) is 17.4. The lowest BCUT2D eigenvalue weighted by Gasteiger charge is -2.34. The second kappa shape index (κ2) is 8.61. The second-order valence-corrected chi connectivity index (χ2v) is 7.44. The van der Waals surface area contributed by atoms with Crippen LogP contribution in [-0.2, 0) is 4.79 Å². The monoisotopic (exact) mass is 402 g/mol. The van der Waals surface area contributed by atoms with E-state index in [0.717, 1.165) is 41.7 Å². The van der Waals surface area contributed by atoms with E-state index in [0.29, 0.717) is 6.54 Å². The smallest absolute Gasteiger partial charge is 0.238 e. The van der Waals surface area contributed by atoms with Crippen molar-refractivity contribution < 1.29 is 9.90 Å². The van der Waals surface area contributed by atoms with Gasteiger partial charge in [0.25, 0.3) is 0 Å². The molecule has 0 spiro atoms. The van der Waals surface area contributed by atoms with E-state index in [2.05, 4.69) is 26.1 Å². The first-order valence-corrected chi connectivity index (χ1v) is 9.42. The molecule has 1 heterocycles. The van der Waals surface area contributed by atoms with Gasteiger partial charge in [-0.3, -0.25) is 9.69 Å². The van der Waals surface area contributed by atoms with E-state index in [-0.39, 0.29) is 11.8 Å². The van der Waals surface area contributed by atoms with Crippen molar-refractivity contribution in [1.29, 1.82) is 0 Å². The van der Waals surface area contributed by atoms with Crippen molar-refractivity contribution in [1.82, 2.24) is 4.90 Å². The zero-order valence-electron chi connectivity index (χ0n) is 14.1. The molecule has 2 aromatic carbocycles. The highest BCUT2D eigenvalue weighted by atomic mass is 79.9. The number of aliphatic hydroxyl groups excluding tert-OH is 1. The first-order chi connectivity index (χ1) is 12.1. The van der Waals surface area contributed by atoms with E-state index in [4.69, 9.17) is 0 Å². The minimum absolute atomic E-state index is 0.00406. The van der Waals surface area contributed by atoms with Crippen LogP contribution in [0.1, 0.15) is 24.5 Å². The Bertz CT molecular complexity index is 683. The number of hydrogen-bond acceptors (Lipinski definition) is 3. The van der Waals surface area contributed by atoms with E-state index < -0.39 is 6.10 Å². The van der Waals surface area contributed by atoms with Crippen molar-refractivity contribution in [3.8, 4) is 0 Å². The van der Waals surface area contributed by atoms with E-state index in [1.165, 1.54) is 0 Å². The normalized spacial score (nSPS) is 17.2. The minimum atomic E-state index is -0.417. The molecule has 5 heteroatoms. The molecule has 0 radical (unpaired) electrons. The number of hydrogen-bond donors (Lipinski definition) is 2. The van der Waals surface area contributed by atoms with Crippen molar-refractivity contribution in [3.05, 3.63) is 64.6 Å². The number of carbonyl (C=O) groups excluding carboxylic acids is 1. The van der Waals surface area contributed by atoms with Gasteiger partial charge in [-0.2, -0.15) is 0 Å². The molecule has 3 rings (SSSR count). The third-order valence-corrected chi connectivity index (χ3v) is 5.24. The Hall–Kier alpha value is -1.69. The summed E-state index contributed by atoms with van der Waals surface area (Å²) in [5, 5.41) is 13.5. The van der Waals surface area contributed by atoms with Crippen molar-refractivity contribution in [2.24, 2.45) is 5.92 Å². The van der Waals surface area contributed by atoms with Crippen LogP contribution in [0.2, 0.25) is 0 Å². The number of benzene rings is 2. The Morgan fingerprint density at radius 1 is 1.12 bits per heavy atom. The first-order valence-electron chi connectivity index (χ1n) is 8.62. The summed E-state index contributed by atoms with van der Waals surface area (Å²) in [7, 11) is 0. The Kier molecular flexibility index (Phi) is 6.24. The van der Waals surface area contributed by atoms with Gasteiger partial charge in [-0.05, 0) is 61.7 Å². The average molecular weight is 403 g/mol. The fourth-order valence-electron chi connectivity index (χ4n) is 3.29. The SMILES string of the molecule is O=C(CN1CCC([C@@H](O)c2ccccc2)CC1)Nc1ccc(Br)cc1. The molecule has 1 aliphatic heterocycles. The highest BCUT2D eigenvalue weighted by Crippen LogP contribution is 2.30. The third-order valence-electron chi connectivity index (χ3n) is 4.72. The second-order valence-electron chi connectivity index (χ2n) is 6.52. The van der Waals surface area contributed by atoms with E-state index in [1.807, 2.05) is 54.6 Å². The molecule has 0 unspecified atom stereocenters. The maximum atomic E-state index is 12.2. The van der Waals surface area contributed by atoms with Crippen LogP contribution in [0.15, 0.2) is 59.1 Å². The van der Waals surface area contributed by atoms with Gasteiger partial charge in [-0.1, -0.05) is 46.3 Å². The molecule has 1 amide bonds. The summed E-state index contributed by atoms with van der Waals surface area (Å²) in [5.74, 6) is 0.262. The molecule has 0 bridgehead atoms. The third kappa shape index (κ3) is 5.14. The summed E-state index contributed by atoms with van der Waals surface area (Å²) < 4.78 is 0.990. The molecule has 2 N–H and O–H groups in total. The van der Waals surface area contributed by atoms with Crippen LogP contribution in [0.5, 0.6) is 0 Å². The Morgan fingerprint density at radius 3 is 2.40 bits per heavy atom. The van der Waals surface area contributed by atoms with Crippen LogP contribution in [-0.4, -0.2) is 35.5 Å². The standard InChI is InChI=1S/C20H23BrN2O2/c21-17-6-8-18(9-7-17)22-19(24)14-23-12-10-16(11-13-23)20(25)15-4-2-1-3-5-15/h1-9,16,20,25H,10-14H2,(H,22,24)/t20-/m0/s1. The lowest BCUT2D eigenvalue weighted by Crippen LogP contribution is -2.40. The highest BCUT2D eigenvalue weighted by molar-refractivity contribution is 9.10. The average Bonchev–Trinajstić information content (AvgIpc) is 2.64. The number of carbonyl (C=O) groups is 1. The van der Waals surface area contributed by atoms with E-state index >= 15 is 0 Å². The molecule has 0 saturated carbocycles. The summed E-state index contributed by atoms with van der Waals surface area (Å²) in [4.78, 5) is 14.3. The predicted molar refractivity (Wildman–Crippen MR) is 103 cm³/mol. The fraction of sp³-hybridized carbons (Fsp3) is 0.350. The summed E-state index contributed by atoms with van der Waals surface area (Å²) in [5.41, 5.74) is 1.79. The topological polar surface area (TPSA) is 52.6 Å². The molecule has 132 valence electrons. The van der Waals surface area contributed by atoms with Crippen molar-refractivity contribution in [2.45, 2.75) is 18.9 Å². The van der Waals surface area contributed by atoms with Crippen LogP contribution in [0.3, 0.4) is 0 Å². The predicted octanol–water partition coefficient (Wildman–Crippen LogP) is 3.83. The lowest BCUT2D eigenvalue weighted by atomic mass is 9.87. The molecule has 0 aliphatic carbocycles. The van der Waals surface area contributed by atoms with Crippen molar-refractivity contribution >= 4 is 27.5 Å². The Labute approximate surface area is 157 Å². The number of nitrogens with zero attached hydrogens (tertiary/aromatic N) is 1. The van der Waals surface area contributed by atoms with Gasteiger partial charge in [0.15, 0.2) is 0 Å². The molecule has 25 heavy (non-hydrogen) atoms. The molecule has 4 nitrogen and oxygen atoms in total. The van der Waals surface area contributed by atoms with Crippen LogP contribution >= 0.6 is 15.9 Å². The van der Waals surface area contributed by atoms with E-state index in [1.54, 1.807) is 0 Å². The number of nitrogens with one attached hydrogen (secondary N) is 1. The van der Waals surface area contributed by atoms with Crippen LogP contribution in [0.25, 0.3) is 0 Å². The van der Waals surface area contributed by atoms with Gasteiger partial charge in [0.05, 0.1) is 12.6 Å². The van der Waals surface area contributed by atoms with Crippen molar-refractivity contribution in [2.75, 3.05) is 25.0 Å². The van der Waals surface area contributed by atoms with Gasteiger partial charge in [0.1, 0.15) is 0 Å². The maximum Gasteiger partial charge on any atom is 0.238 e. The molecular formula is C20H23BrN2O2. The van der Waals surface area contributed by atoms with Gasteiger partial charge >= 0.3 is 0 Å².